The van der Waals surface area contributed by atoms with Gasteiger partial charge < -0.3 is 13.9 Å². The lowest BCUT2D eigenvalue weighted by Crippen LogP contribution is -2.44. The molecule has 13 heteroatoms. The normalized spacial score (nSPS) is 14.7. The Balaban J connectivity index is 2.19. The van der Waals surface area contributed by atoms with Crippen LogP contribution in [0, 0.1) is 13.8 Å². The maximum atomic E-state index is 13.2. The van der Waals surface area contributed by atoms with E-state index in [4.69, 9.17) is 22.3 Å². The van der Waals surface area contributed by atoms with Gasteiger partial charge in [-0.15, -0.1) is 0 Å². The molecule has 0 spiro atoms. The number of thioether (sulfide) groups is 1. The van der Waals surface area contributed by atoms with Crippen molar-refractivity contribution in [2.45, 2.75) is 106 Å². The molecule has 0 N–H and O–H groups in total. The van der Waals surface area contributed by atoms with E-state index in [2.05, 4.69) is 54.0 Å². The van der Waals surface area contributed by atoms with Crippen LogP contribution in [0.2, 0.25) is 18.1 Å². The number of hydrogen-bond donors (Lipinski definition) is 0. The van der Waals surface area contributed by atoms with Gasteiger partial charge in [-0.1, -0.05) is 70.0 Å². The van der Waals surface area contributed by atoms with Crippen LogP contribution in [0.4, 0.5) is 0 Å². The SMILES string of the molecule is CSC(C)(C)CCCOCC(COCC(CO[Si](C)(C)C(C)(C)C)OS(=O)(=O)c1ccc(C)cc1)OS(=O)(=O)c1ccc(C)cc1. The molecule has 0 heterocycles. The highest BCUT2D eigenvalue weighted by atomic mass is 32.2. The smallest absolute Gasteiger partial charge is 0.297 e. The predicted molar refractivity (Wildman–Crippen MR) is 188 cm³/mol. The highest BCUT2D eigenvalue weighted by molar-refractivity contribution is 7.99. The topological polar surface area (TPSA) is 114 Å². The zero-order valence-corrected chi connectivity index (χ0v) is 32.6. The van der Waals surface area contributed by atoms with E-state index < -0.39 is 40.8 Å². The van der Waals surface area contributed by atoms with Crippen molar-refractivity contribution in [2.75, 3.05) is 39.3 Å². The van der Waals surface area contributed by atoms with Crippen molar-refractivity contribution in [3.8, 4) is 0 Å². The first-order valence-corrected chi connectivity index (χ1v) is 22.5. The third kappa shape index (κ3) is 13.7. The highest BCUT2D eigenvalue weighted by Crippen LogP contribution is 2.36. The summed E-state index contributed by atoms with van der Waals surface area (Å²) in [5.74, 6) is 0. The molecule has 9 nitrogen and oxygen atoms in total. The third-order valence-corrected chi connectivity index (χ3v) is 16.7. The summed E-state index contributed by atoms with van der Waals surface area (Å²) in [5, 5.41) is -0.111. The van der Waals surface area contributed by atoms with Gasteiger partial charge in [0.1, 0.15) is 12.2 Å². The maximum absolute atomic E-state index is 13.2. The van der Waals surface area contributed by atoms with E-state index in [1.807, 2.05) is 13.8 Å². The average Bonchev–Trinajstić information content (AvgIpc) is 2.95. The lowest BCUT2D eigenvalue weighted by atomic mass is 10.1. The third-order valence-electron chi connectivity index (χ3n) is 8.11. The van der Waals surface area contributed by atoms with Crippen LogP contribution in [0.3, 0.4) is 0 Å². The monoisotopic (exact) mass is 718 g/mol. The van der Waals surface area contributed by atoms with Gasteiger partial charge in [-0.25, -0.2) is 0 Å². The Bertz CT molecular complexity index is 1420. The van der Waals surface area contributed by atoms with Gasteiger partial charge in [0.25, 0.3) is 20.2 Å². The number of ether oxygens (including phenoxy) is 2. The highest BCUT2D eigenvalue weighted by Gasteiger charge is 2.38. The lowest BCUT2D eigenvalue weighted by molar-refractivity contribution is -0.0302. The van der Waals surface area contributed by atoms with E-state index in [-0.39, 0.29) is 46.0 Å². The van der Waals surface area contributed by atoms with Crippen molar-refractivity contribution in [2.24, 2.45) is 0 Å². The fourth-order valence-corrected chi connectivity index (χ4v) is 7.34. The molecule has 0 aromatic heterocycles. The summed E-state index contributed by atoms with van der Waals surface area (Å²) in [6.45, 7) is 18.5. The maximum Gasteiger partial charge on any atom is 0.297 e. The van der Waals surface area contributed by atoms with Crippen molar-refractivity contribution in [3.63, 3.8) is 0 Å². The van der Waals surface area contributed by atoms with Crippen LogP contribution in [-0.2, 0) is 42.5 Å². The van der Waals surface area contributed by atoms with Gasteiger partial charge in [-0.3, -0.25) is 8.37 Å². The van der Waals surface area contributed by atoms with Crippen LogP contribution >= 0.6 is 11.8 Å². The second-order valence-corrected chi connectivity index (χ2v) is 23.2. The Kier molecular flexibility index (Phi) is 15.5. The molecule has 2 unspecified atom stereocenters. The fraction of sp³-hybridized carbons (Fsp3) is 0.636. The summed E-state index contributed by atoms with van der Waals surface area (Å²) in [6.07, 6.45) is 1.84. The van der Waals surface area contributed by atoms with Crippen LogP contribution in [0.1, 0.15) is 58.6 Å². The molecule has 0 saturated carbocycles. The van der Waals surface area contributed by atoms with E-state index in [9.17, 15) is 16.8 Å². The van der Waals surface area contributed by atoms with Crippen molar-refractivity contribution in [1.82, 2.24) is 0 Å². The molecule has 2 rings (SSSR count). The molecule has 0 bridgehead atoms. The first-order chi connectivity index (χ1) is 21.2. The zero-order chi connectivity index (χ0) is 34.8. The second-order valence-electron chi connectivity index (χ2n) is 13.7. The molecule has 0 radical (unpaired) electrons. The van der Waals surface area contributed by atoms with Gasteiger partial charge in [0.2, 0.25) is 0 Å². The lowest BCUT2D eigenvalue weighted by Gasteiger charge is -2.37. The predicted octanol–water partition coefficient (Wildman–Crippen LogP) is 7.13. The molecular weight excluding hydrogens is 665 g/mol. The molecular formula is C33H54O9S3Si. The van der Waals surface area contributed by atoms with E-state index in [0.717, 1.165) is 24.0 Å². The molecule has 2 aromatic rings. The molecule has 46 heavy (non-hydrogen) atoms. The Morgan fingerprint density at radius 2 is 1.11 bits per heavy atom. The van der Waals surface area contributed by atoms with Crippen molar-refractivity contribution >= 4 is 40.3 Å². The Morgan fingerprint density at radius 3 is 1.52 bits per heavy atom. The summed E-state index contributed by atoms with van der Waals surface area (Å²) in [6, 6.07) is 12.8. The molecule has 0 fully saturated rings. The average molecular weight is 719 g/mol. The van der Waals surface area contributed by atoms with Gasteiger partial charge in [0.05, 0.1) is 36.2 Å². The minimum atomic E-state index is -4.13. The van der Waals surface area contributed by atoms with Crippen LogP contribution in [0.15, 0.2) is 58.3 Å². The van der Waals surface area contributed by atoms with Gasteiger partial charge >= 0.3 is 0 Å². The van der Waals surface area contributed by atoms with Gasteiger partial charge in [-0.2, -0.15) is 28.6 Å². The first kappa shape index (κ1) is 40.9. The summed E-state index contributed by atoms with van der Waals surface area (Å²) in [4.78, 5) is 0.0527. The number of aryl methyl sites for hydroxylation is 2. The Labute approximate surface area is 283 Å². The molecule has 262 valence electrons. The summed E-state index contributed by atoms with van der Waals surface area (Å²) < 4.78 is 82.0. The number of hydrogen-bond acceptors (Lipinski definition) is 10. The molecule has 2 atom stereocenters. The standard InChI is InChI=1S/C33H54O9S3Si/c1-26-12-16-30(17-13-26)44(34,35)41-28(22-38-21-11-20-33(6,7)43-8)23-39-24-29(25-40-46(9,10)32(3,4)5)42-45(36,37)31-18-14-27(2)15-19-31/h12-19,28-29H,11,20-25H2,1-10H3. The summed E-state index contributed by atoms with van der Waals surface area (Å²) >= 11 is 1.78. The van der Waals surface area contributed by atoms with E-state index >= 15 is 0 Å². The molecule has 0 aliphatic carbocycles. The minimum absolute atomic E-state index is 0.0174. The summed E-state index contributed by atoms with van der Waals surface area (Å²) in [7, 11) is -10.5. The van der Waals surface area contributed by atoms with E-state index in [1.54, 1.807) is 36.0 Å². The van der Waals surface area contributed by atoms with Crippen LogP contribution in [-0.4, -0.2) is 81.4 Å². The van der Waals surface area contributed by atoms with Crippen LogP contribution in [0.25, 0.3) is 0 Å². The van der Waals surface area contributed by atoms with E-state index in [0.29, 0.717) is 6.61 Å². The Hall–Kier alpha value is -1.29. The zero-order valence-electron chi connectivity index (χ0n) is 29.1. The molecule has 0 saturated heterocycles. The van der Waals surface area contributed by atoms with E-state index in [1.165, 1.54) is 24.3 Å². The number of rotatable bonds is 20. The molecule has 2 aromatic carbocycles. The Morgan fingerprint density at radius 1 is 0.696 bits per heavy atom. The van der Waals surface area contributed by atoms with Crippen molar-refractivity contribution < 1.29 is 39.1 Å². The van der Waals surface area contributed by atoms with Gasteiger partial charge in [-0.05, 0) is 75.3 Å². The quantitative estimate of drug-likeness (QED) is 0.0796. The minimum Gasteiger partial charge on any atom is -0.414 e. The van der Waals surface area contributed by atoms with Crippen molar-refractivity contribution in [3.05, 3.63) is 59.7 Å². The first-order valence-electron chi connectivity index (χ1n) is 15.5. The summed E-state index contributed by atoms with van der Waals surface area (Å²) in [5.41, 5.74) is 1.84. The molecule has 0 aliphatic rings. The largest absolute Gasteiger partial charge is 0.414 e. The fourth-order valence-electron chi connectivity index (χ4n) is 3.85. The van der Waals surface area contributed by atoms with Gasteiger partial charge in [0.15, 0.2) is 8.32 Å². The van der Waals surface area contributed by atoms with Gasteiger partial charge in [0, 0.05) is 11.4 Å². The van der Waals surface area contributed by atoms with Crippen LogP contribution < -0.4 is 0 Å². The number of benzene rings is 2. The van der Waals surface area contributed by atoms with Crippen molar-refractivity contribution in [1.29, 1.82) is 0 Å². The molecule has 0 aliphatic heterocycles. The second kappa shape index (κ2) is 17.4. The van der Waals surface area contributed by atoms with Crippen LogP contribution in [0.5, 0.6) is 0 Å². The molecule has 0 amide bonds.